The number of ether oxygens (including phenoxy) is 1. The summed E-state index contributed by atoms with van der Waals surface area (Å²) >= 11 is 0. The van der Waals surface area contributed by atoms with Crippen LogP contribution in [0.5, 0.6) is 0 Å². The van der Waals surface area contributed by atoms with Gasteiger partial charge in [0, 0.05) is 6.42 Å². The molecule has 0 saturated carbocycles. The number of carbonyl (C=O) groups excluding carboxylic acids is 1. The second-order valence-corrected chi connectivity index (χ2v) is 3.71. The van der Waals surface area contributed by atoms with Gasteiger partial charge in [0.15, 0.2) is 0 Å². The molecule has 0 spiro atoms. The molecule has 0 aliphatic carbocycles. The summed E-state index contributed by atoms with van der Waals surface area (Å²) in [6, 6.07) is 0. The van der Waals surface area contributed by atoms with Crippen molar-refractivity contribution in [1.29, 1.82) is 0 Å². The van der Waals surface area contributed by atoms with Crippen LogP contribution >= 0.6 is 0 Å². The van der Waals surface area contributed by atoms with E-state index in [4.69, 9.17) is 9.15 Å². The Morgan fingerprint density at radius 1 is 1.62 bits per heavy atom. The summed E-state index contributed by atoms with van der Waals surface area (Å²) in [6.45, 7) is 6.13. The number of nitrogens with one attached hydrogen (secondary N) is 1. The Bertz CT molecular complexity index is 334. The lowest BCUT2D eigenvalue weighted by Gasteiger charge is -2.06. The summed E-state index contributed by atoms with van der Waals surface area (Å²) in [4.78, 5) is 15.3. The van der Waals surface area contributed by atoms with E-state index in [0.717, 1.165) is 12.2 Å². The minimum atomic E-state index is -0.162. The van der Waals surface area contributed by atoms with Gasteiger partial charge in [0.25, 0.3) is 0 Å². The van der Waals surface area contributed by atoms with Gasteiger partial charge < -0.3 is 14.5 Å². The quantitative estimate of drug-likeness (QED) is 0.793. The van der Waals surface area contributed by atoms with E-state index < -0.39 is 0 Å². The van der Waals surface area contributed by atoms with Crippen molar-refractivity contribution in [2.24, 2.45) is 0 Å². The van der Waals surface area contributed by atoms with Crippen LogP contribution in [-0.4, -0.2) is 23.6 Å². The smallest absolute Gasteiger partial charge is 0.246 e. The first-order chi connectivity index (χ1) is 7.61. The first-order valence-corrected chi connectivity index (χ1v) is 5.43. The molecule has 0 unspecified atom stereocenters. The van der Waals surface area contributed by atoms with Crippen molar-refractivity contribution < 1.29 is 13.9 Å². The van der Waals surface area contributed by atoms with Crippen LogP contribution in [0.25, 0.3) is 0 Å². The normalized spacial score (nSPS) is 10.8. The van der Waals surface area contributed by atoms with Crippen molar-refractivity contribution in [3.63, 3.8) is 0 Å². The van der Waals surface area contributed by atoms with E-state index in [1.54, 1.807) is 6.20 Å². The number of hydrogen-bond donors (Lipinski definition) is 1. The Morgan fingerprint density at radius 3 is 2.94 bits per heavy atom. The summed E-state index contributed by atoms with van der Waals surface area (Å²) < 4.78 is 10.5. The van der Waals surface area contributed by atoms with Gasteiger partial charge >= 0.3 is 0 Å². The van der Waals surface area contributed by atoms with Gasteiger partial charge in [-0.25, -0.2) is 4.98 Å². The first-order valence-electron chi connectivity index (χ1n) is 5.43. The average molecular weight is 226 g/mol. The Hall–Kier alpha value is -1.36. The van der Waals surface area contributed by atoms with Crippen LogP contribution in [0.2, 0.25) is 0 Å². The highest BCUT2D eigenvalue weighted by atomic mass is 16.5. The fourth-order valence-corrected chi connectivity index (χ4v) is 1.06. The van der Waals surface area contributed by atoms with Crippen LogP contribution in [0.3, 0.4) is 0 Å². The molecule has 16 heavy (non-hydrogen) atoms. The van der Waals surface area contributed by atoms with E-state index in [2.05, 4.69) is 10.3 Å². The van der Waals surface area contributed by atoms with E-state index in [9.17, 15) is 4.79 Å². The van der Waals surface area contributed by atoms with Gasteiger partial charge in [-0.15, -0.1) is 0 Å². The fourth-order valence-electron chi connectivity index (χ4n) is 1.06. The molecule has 1 amide bonds. The average Bonchev–Trinajstić information content (AvgIpc) is 2.71. The van der Waals surface area contributed by atoms with Gasteiger partial charge in [0.05, 0.1) is 18.8 Å². The van der Waals surface area contributed by atoms with Crippen LogP contribution in [0.4, 0.5) is 0 Å². The number of oxazole rings is 1. The molecular weight excluding hydrogens is 208 g/mol. The maximum absolute atomic E-state index is 11.3. The molecule has 0 aliphatic heterocycles. The highest BCUT2D eigenvalue weighted by Crippen LogP contribution is 2.03. The molecule has 1 aromatic heterocycles. The molecule has 0 aliphatic rings. The summed E-state index contributed by atoms with van der Waals surface area (Å²) in [6.07, 6.45) is 2.53. The van der Waals surface area contributed by atoms with Crippen LogP contribution in [-0.2, 0) is 22.5 Å². The van der Waals surface area contributed by atoms with Crippen molar-refractivity contribution in [3.8, 4) is 0 Å². The minimum absolute atomic E-state index is 0.0548. The first kappa shape index (κ1) is 12.7. The molecule has 90 valence electrons. The molecule has 0 bridgehead atoms. The molecule has 0 fully saturated rings. The predicted octanol–water partition coefficient (Wildman–Crippen LogP) is 1.28. The largest absolute Gasteiger partial charge is 0.444 e. The minimum Gasteiger partial charge on any atom is -0.444 e. The van der Waals surface area contributed by atoms with E-state index in [1.807, 2.05) is 20.8 Å². The number of rotatable bonds is 6. The molecule has 1 N–H and O–H groups in total. The van der Waals surface area contributed by atoms with Crippen LogP contribution in [0, 0.1) is 0 Å². The SMILES string of the molecule is CCc1cnc(CNC(=O)COC(C)C)o1. The molecule has 0 radical (unpaired) electrons. The lowest BCUT2D eigenvalue weighted by molar-refractivity contribution is -0.127. The van der Waals surface area contributed by atoms with E-state index in [0.29, 0.717) is 12.4 Å². The van der Waals surface area contributed by atoms with Crippen molar-refractivity contribution >= 4 is 5.91 Å². The maximum atomic E-state index is 11.3. The van der Waals surface area contributed by atoms with E-state index >= 15 is 0 Å². The standard InChI is InChI=1S/C11H18N2O3/c1-4-9-5-13-11(16-9)6-12-10(14)7-15-8(2)3/h5,8H,4,6-7H2,1-3H3,(H,12,14). The zero-order chi connectivity index (χ0) is 12.0. The number of amides is 1. The number of nitrogens with zero attached hydrogens (tertiary/aromatic N) is 1. The molecule has 0 aromatic carbocycles. The third kappa shape index (κ3) is 4.44. The molecule has 0 atom stereocenters. The van der Waals surface area contributed by atoms with Gasteiger partial charge in [-0.1, -0.05) is 6.92 Å². The van der Waals surface area contributed by atoms with Gasteiger partial charge in [0.2, 0.25) is 11.8 Å². The van der Waals surface area contributed by atoms with Crippen LogP contribution in [0.1, 0.15) is 32.4 Å². The Labute approximate surface area is 95.2 Å². The number of hydrogen-bond acceptors (Lipinski definition) is 4. The monoisotopic (exact) mass is 226 g/mol. The summed E-state index contributed by atoms with van der Waals surface area (Å²) in [5.74, 6) is 1.18. The molecule has 1 heterocycles. The van der Waals surface area contributed by atoms with Gasteiger partial charge in [0.1, 0.15) is 12.4 Å². The van der Waals surface area contributed by atoms with Gasteiger partial charge in [-0.3, -0.25) is 4.79 Å². The number of aryl methyl sites for hydroxylation is 1. The van der Waals surface area contributed by atoms with Crippen molar-refractivity contribution in [3.05, 3.63) is 17.8 Å². The molecule has 0 saturated heterocycles. The Kier molecular flexibility index (Phi) is 4.98. The zero-order valence-corrected chi connectivity index (χ0v) is 9.95. The molecular formula is C11H18N2O3. The third-order valence-electron chi connectivity index (χ3n) is 1.93. The van der Waals surface area contributed by atoms with Crippen molar-refractivity contribution in [2.75, 3.05) is 6.61 Å². The lowest BCUT2D eigenvalue weighted by atomic mass is 10.4. The van der Waals surface area contributed by atoms with E-state index in [1.165, 1.54) is 0 Å². The lowest BCUT2D eigenvalue weighted by Crippen LogP contribution is -2.28. The molecule has 5 nitrogen and oxygen atoms in total. The summed E-state index contributed by atoms with van der Waals surface area (Å²) in [7, 11) is 0. The molecule has 1 rings (SSSR count). The Morgan fingerprint density at radius 2 is 2.38 bits per heavy atom. The zero-order valence-electron chi connectivity index (χ0n) is 9.95. The Balaban J connectivity index is 2.26. The van der Waals surface area contributed by atoms with Crippen molar-refractivity contribution in [1.82, 2.24) is 10.3 Å². The van der Waals surface area contributed by atoms with Crippen LogP contribution < -0.4 is 5.32 Å². The fraction of sp³-hybridized carbons (Fsp3) is 0.636. The number of carbonyl (C=O) groups is 1. The van der Waals surface area contributed by atoms with Gasteiger partial charge in [-0.05, 0) is 13.8 Å². The third-order valence-corrected chi connectivity index (χ3v) is 1.93. The second-order valence-electron chi connectivity index (χ2n) is 3.71. The van der Waals surface area contributed by atoms with Crippen molar-refractivity contribution in [2.45, 2.75) is 39.8 Å². The van der Waals surface area contributed by atoms with E-state index in [-0.39, 0.29) is 18.6 Å². The number of aromatic nitrogens is 1. The molecule has 5 heteroatoms. The predicted molar refractivity (Wildman–Crippen MR) is 58.8 cm³/mol. The van der Waals surface area contributed by atoms with Gasteiger partial charge in [-0.2, -0.15) is 0 Å². The topological polar surface area (TPSA) is 64.4 Å². The highest BCUT2D eigenvalue weighted by Gasteiger charge is 2.06. The maximum Gasteiger partial charge on any atom is 0.246 e. The van der Waals surface area contributed by atoms with Crippen LogP contribution in [0.15, 0.2) is 10.6 Å². The second kappa shape index (κ2) is 6.27. The molecule has 1 aromatic rings. The highest BCUT2D eigenvalue weighted by molar-refractivity contribution is 5.77. The summed E-state index contributed by atoms with van der Waals surface area (Å²) in [5, 5.41) is 2.67. The summed E-state index contributed by atoms with van der Waals surface area (Å²) in [5.41, 5.74) is 0.